The second-order valence-corrected chi connectivity index (χ2v) is 7.27. The fourth-order valence-electron chi connectivity index (χ4n) is 2.97. The summed E-state index contributed by atoms with van der Waals surface area (Å²) in [6.45, 7) is 9.51. The van der Waals surface area contributed by atoms with E-state index in [1.54, 1.807) is 0 Å². The summed E-state index contributed by atoms with van der Waals surface area (Å²) in [6, 6.07) is 0. The van der Waals surface area contributed by atoms with Gasteiger partial charge in [0.15, 0.2) is 18.5 Å². The van der Waals surface area contributed by atoms with Crippen LogP contribution in [0.4, 0.5) is 5.82 Å². The van der Waals surface area contributed by atoms with E-state index in [0.29, 0.717) is 5.82 Å². The van der Waals surface area contributed by atoms with Crippen LogP contribution in [0.15, 0.2) is 47.6 Å². The Morgan fingerprint density at radius 3 is 2.38 bits per heavy atom. The van der Waals surface area contributed by atoms with Gasteiger partial charge in [-0.05, 0) is 53.4 Å². The SMILES string of the molecule is CC(C)=CCC/C(C)=C/CC/C(C)=C/Cn1c[n+](C)c2ncnc(N)c21. The van der Waals surface area contributed by atoms with Crippen molar-refractivity contribution >= 4 is 17.0 Å². The van der Waals surface area contributed by atoms with Gasteiger partial charge in [0.05, 0.1) is 13.6 Å². The maximum atomic E-state index is 6.03. The summed E-state index contributed by atoms with van der Waals surface area (Å²) < 4.78 is 4.09. The molecule has 2 aromatic heterocycles. The molecule has 140 valence electrons. The standard InChI is InChI=1S/C21H32N5/c1-16(2)8-6-9-17(3)10-7-11-18(4)12-13-26-15-25(5)21-19(26)20(22)23-14-24-21/h8,10,12,14-15H,6-7,9,11,13H2,1-5H3,(H2,22,23,24)/q+1/b17-10+,18-12+. The van der Waals surface area contributed by atoms with Crippen molar-refractivity contribution in [3.63, 3.8) is 0 Å². The molecule has 0 aliphatic rings. The Balaban J connectivity index is 1.92. The van der Waals surface area contributed by atoms with E-state index in [-0.39, 0.29) is 0 Å². The van der Waals surface area contributed by atoms with E-state index in [1.165, 1.54) is 23.0 Å². The summed E-state index contributed by atoms with van der Waals surface area (Å²) in [5, 5.41) is 0. The lowest BCUT2D eigenvalue weighted by atomic mass is 10.1. The Labute approximate surface area is 157 Å². The van der Waals surface area contributed by atoms with Crippen molar-refractivity contribution in [2.24, 2.45) is 7.05 Å². The van der Waals surface area contributed by atoms with Gasteiger partial charge in [0.1, 0.15) is 0 Å². The van der Waals surface area contributed by atoms with E-state index in [9.17, 15) is 0 Å². The van der Waals surface area contributed by atoms with Gasteiger partial charge in [-0.1, -0.05) is 39.9 Å². The Kier molecular flexibility index (Phi) is 7.13. The number of anilines is 1. The molecule has 0 amide bonds. The molecule has 2 heterocycles. The van der Waals surface area contributed by atoms with Gasteiger partial charge in [-0.2, -0.15) is 4.98 Å². The third-order valence-electron chi connectivity index (χ3n) is 4.52. The highest BCUT2D eigenvalue weighted by Crippen LogP contribution is 2.15. The van der Waals surface area contributed by atoms with Crippen molar-refractivity contribution in [2.45, 2.75) is 59.9 Å². The normalized spacial score (nSPS) is 12.7. The van der Waals surface area contributed by atoms with E-state index >= 15 is 0 Å². The summed E-state index contributed by atoms with van der Waals surface area (Å²) in [7, 11) is 1.98. The van der Waals surface area contributed by atoms with Crippen molar-refractivity contribution in [1.29, 1.82) is 0 Å². The van der Waals surface area contributed by atoms with E-state index < -0.39 is 0 Å². The average Bonchev–Trinajstić information content (AvgIpc) is 2.90. The highest BCUT2D eigenvalue weighted by molar-refractivity contribution is 5.79. The van der Waals surface area contributed by atoms with Gasteiger partial charge in [0.25, 0.3) is 0 Å². The molecule has 0 saturated heterocycles. The van der Waals surface area contributed by atoms with Gasteiger partial charge >= 0.3 is 5.65 Å². The van der Waals surface area contributed by atoms with E-state index in [2.05, 4.69) is 60.5 Å². The number of aromatic nitrogens is 4. The number of rotatable bonds is 8. The molecule has 0 saturated carbocycles. The van der Waals surface area contributed by atoms with Crippen LogP contribution in [0.2, 0.25) is 0 Å². The van der Waals surface area contributed by atoms with Crippen LogP contribution in [0, 0.1) is 0 Å². The van der Waals surface area contributed by atoms with E-state index in [1.807, 2.05) is 17.9 Å². The number of nitrogens with two attached hydrogens (primary N) is 1. The third kappa shape index (κ3) is 5.55. The quantitative estimate of drug-likeness (QED) is 0.569. The number of hydrogen-bond acceptors (Lipinski definition) is 3. The second-order valence-electron chi connectivity index (χ2n) is 7.27. The Morgan fingerprint density at radius 2 is 1.69 bits per heavy atom. The lowest BCUT2D eigenvalue weighted by Crippen LogP contribution is -2.26. The lowest BCUT2D eigenvalue weighted by molar-refractivity contribution is -0.647. The third-order valence-corrected chi connectivity index (χ3v) is 4.52. The van der Waals surface area contributed by atoms with Crippen molar-refractivity contribution in [1.82, 2.24) is 14.5 Å². The minimum atomic E-state index is 0.525. The maximum Gasteiger partial charge on any atom is 0.307 e. The number of aryl methyl sites for hydroxylation is 1. The highest BCUT2D eigenvalue weighted by atomic mass is 15.2. The molecular formula is C21H32N5+. The molecule has 0 aromatic carbocycles. The zero-order chi connectivity index (χ0) is 19.1. The minimum Gasteiger partial charge on any atom is -0.380 e. The maximum absolute atomic E-state index is 6.03. The molecule has 0 aliphatic carbocycles. The fourth-order valence-corrected chi connectivity index (χ4v) is 2.97. The van der Waals surface area contributed by atoms with Crippen LogP contribution in [-0.4, -0.2) is 14.5 Å². The number of allylic oxidation sites excluding steroid dienone is 6. The topological polar surface area (TPSA) is 60.6 Å². The second kappa shape index (κ2) is 9.32. The first-order valence-corrected chi connectivity index (χ1v) is 9.28. The number of nitrogen functional groups attached to an aromatic ring is 1. The molecule has 0 unspecified atom stereocenters. The Bertz CT molecular complexity index is 835. The molecule has 2 rings (SSSR count). The number of imidazole rings is 1. The zero-order valence-corrected chi connectivity index (χ0v) is 16.8. The van der Waals surface area contributed by atoms with Crippen molar-refractivity contribution in [3.8, 4) is 0 Å². The fraction of sp³-hybridized carbons (Fsp3) is 0.476. The molecule has 0 atom stereocenters. The molecule has 0 radical (unpaired) electrons. The molecule has 5 nitrogen and oxygen atoms in total. The first kappa shape index (κ1) is 19.9. The van der Waals surface area contributed by atoms with Crippen LogP contribution < -0.4 is 10.3 Å². The van der Waals surface area contributed by atoms with Crippen LogP contribution in [0.25, 0.3) is 11.2 Å². The Morgan fingerprint density at radius 1 is 1.04 bits per heavy atom. The average molecular weight is 355 g/mol. The molecule has 5 heteroatoms. The molecule has 0 spiro atoms. The molecule has 26 heavy (non-hydrogen) atoms. The van der Waals surface area contributed by atoms with Crippen LogP contribution in [0.3, 0.4) is 0 Å². The summed E-state index contributed by atoms with van der Waals surface area (Å²) >= 11 is 0. The number of fused-ring (bicyclic) bond motifs is 1. The minimum absolute atomic E-state index is 0.525. The highest BCUT2D eigenvalue weighted by Gasteiger charge is 2.16. The van der Waals surface area contributed by atoms with Gasteiger partial charge in [-0.3, -0.25) is 4.57 Å². The van der Waals surface area contributed by atoms with E-state index in [4.69, 9.17) is 5.73 Å². The number of nitrogens with zero attached hydrogens (tertiary/aromatic N) is 4. The van der Waals surface area contributed by atoms with Gasteiger partial charge in [-0.15, -0.1) is 0 Å². The first-order valence-electron chi connectivity index (χ1n) is 9.28. The van der Waals surface area contributed by atoms with Gasteiger partial charge in [-0.25, -0.2) is 4.57 Å². The summed E-state index contributed by atoms with van der Waals surface area (Å²) in [6.07, 6.45) is 14.9. The van der Waals surface area contributed by atoms with Crippen molar-refractivity contribution in [3.05, 3.63) is 47.6 Å². The smallest absolute Gasteiger partial charge is 0.307 e. The van der Waals surface area contributed by atoms with E-state index in [0.717, 1.165) is 43.4 Å². The van der Waals surface area contributed by atoms with Gasteiger partial charge < -0.3 is 5.73 Å². The van der Waals surface area contributed by atoms with Crippen LogP contribution in [0.5, 0.6) is 0 Å². The van der Waals surface area contributed by atoms with Crippen molar-refractivity contribution < 1.29 is 4.57 Å². The monoisotopic (exact) mass is 354 g/mol. The molecule has 2 aromatic rings. The van der Waals surface area contributed by atoms with Gasteiger partial charge in [0.2, 0.25) is 5.52 Å². The van der Waals surface area contributed by atoms with Crippen LogP contribution in [-0.2, 0) is 13.6 Å². The summed E-state index contributed by atoms with van der Waals surface area (Å²) in [4.78, 5) is 8.42. The molecule has 0 bridgehead atoms. The molecule has 0 aliphatic heterocycles. The van der Waals surface area contributed by atoms with Crippen LogP contribution >= 0.6 is 0 Å². The van der Waals surface area contributed by atoms with Crippen molar-refractivity contribution in [2.75, 3.05) is 5.73 Å². The predicted octanol–water partition coefficient (Wildman–Crippen LogP) is 4.26. The number of hydrogen-bond donors (Lipinski definition) is 1. The first-order chi connectivity index (χ1) is 12.4. The predicted molar refractivity (Wildman–Crippen MR) is 109 cm³/mol. The molecule has 0 fully saturated rings. The Hall–Kier alpha value is -2.43. The lowest BCUT2D eigenvalue weighted by Gasteiger charge is -2.02. The zero-order valence-electron chi connectivity index (χ0n) is 16.8. The van der Waals surface area contributed by atoms with Gasteiger partial charge in [0, 0.05) is 0 Å². The molecule has 2 N–H and O–H groups in total. The molecular weight excluding hydrogens is 322 g/mol. The summed E-state index contributed by atoms with van der Waals surface area (Å²) in [5.74, 6) is 0.525. The largest absolute Gasteiger partial charge is 0.380 e. The summed E-state index contributed by atoms with van der Waals surface area (Å²) in [5.41, 5.74) is 12.0. The van der Waals surface area contributed by atoms with Crippen LogP contribution in [0.1, 0.15) is 53.4 Å².